The minimum atomic E-state index is -0.905. The molecule has 0 saturated carbocycles. The molecular formula is C14H21F2N3O. The van der Waals surface area contributed by atoms with E-state index in [-0.39, 0.29) is 11.5 Å². The van der Waals surface area contributed by atoms with Crippen molar-refractivity contribution in [3.05, 3.63) is 29.3 Å². The fraction of sp³-hybridized carbons (Fsp3) is 0.500. The zero-order valence-electron chi connectivity index (χ0n) is 12.1. The van der Waals surface area contributed by atoms with E-state index in [9.17, 15) is 13.6 Å². The molecule has 0 saturated heterocycles. The number of amides is 1. The van der Waals surface area contributed by atoms with Crippen molar-refractivity contribution in [1.82, 2.24) is 9.80 Å². The summed E-state index contributed by atoms with van der Waals surface area (Å²) in [7, 11) is 3.80. The van der Waals surface area contributed by atoms with Crippen LogP contribution in [0.5, 0.6) is 0 Å². The zero-order valence-corrected chi connectivity index (χ0v) is 12.1. The predicted molar refractivity (Wildman–Crippen MR) is 75.5 cm³/mol. The van der Waals surface area contributed by atoms with E-state index in [1.54, 1.807) is 4.90 Å². The number of hydrogen-bond acceptors (Lipinski definition) is 3. The van der Waals surface area contributed by atoms with E-state index in [4.69, 9.17) is 5.73 Å². The molecule has 0 radical (unpaired) electrons. The average molecular weight is 285 g/mol. The Labute approximate surface area is 118 Å². The van der Waals surface area contributed by atoms with Gasteiger partial charge < -0.3 is 15.5 Å². The van der Waals surface area contributed by atoms with Crippen molar-refractivity contribution in [2.45, 2.75) is 13.3 Å². The topological polar surface area (TPSA) is 49.6 Å². The minimum absolute atomic E-state index is 0.0126. The third-order valence-electron chi connectivity index (χ3n) is 2.92. The second-order valence-electron chi connectivity index (χ2n) is 4.95. The molecule has 1 aromatic rings. The van der Waals surface area contributed by atoms with Crippen molar-refractivity contribution in [1.29, 1.82) is 0 Å². The third kappa shape index (κ3) is 4.16. The molecule has 0 bridgehead atoms. The van der Waals surface area contributed by atoms with Gasteiger partial charge >= 0.3 is 0 Å². The van der Waals surface area contributed by atoms with Gasteiger partial charge in [0.2, 0.25) is 0 Å². The average Bonchev–Trinajstić information content (AvgIpc) is 2.39. The molecule has 112 valence electrons. The van der Waals surface area contributed by atoms with Crippen LogP contribution in [0.4, 0.5) is 14.5 Å². The lowest BCUT2D eigenvalue weighted by Crippen LogP contribution is -2.37. The van der Waals surface area contributed by atoms with Crippen LogP contribution < -0.4 is 5.73 Å². The van der Waals surface area contributed by atoms with Crippen molar-refractivity contribution < 1.29 is 13.6 Å². The third-order valence-corrected chi connectivity index (χ3v) is 2.92. The molecule has 6 heteroatoms. The van der Waals surface area contributed by atoms with Crippen LogP contribution in [0.2, 0.25) is 0 Å². The highest BCUT2D eigenvalue weighted by atomic mass is 19.1. The summed E-state index contributed by atoms with van der Waals surface area (Å²) in [6.45, 7) is 3.68. The van der Waals surface area contributed by atoms with E-state index in [2.05, 4.69) is 0 Å². The van der Waals surface area contributed by atoms with Gasteiger partial charge in [-0.05, 0) is 32.6 Å². The van der Waals surface area contributed by atoms with Gasteiger partial charge in [0.1, 0.15) is 17.3 Å². The Bertz CT molecular complexity index is 454. The summed E-state index contributed by atoms with van der Waals surface area (Å²) in [5.74, 6) is -2.19. The molecule has 0 fully saturated rings. The molecule has 2 N–H and O–H groups in total. The van der Waals surface area contributed by atoms with Crippen LogP contribution in [0.25, 0.3) is 0 Å². The van der Waals surface area contributed by atoms with Gasteiger partial charge in [-0.2, -0.15) is 0 Å². The number of nitrogens with zero attached hydrogens (tertiary/aromatic N) is 2. The summed E-state index contributed by atoms with van der Waals surface area (Å²) in [6.07, 6.45) is 0.777. The van der Waals surface area contributed by atoms with Crippen LogP contribution >= 0.6 is 0 Å². The Hall–Kier alpha value is -1.69. The number of carbonyl (C=O) groups is 1. The van der Waals surface area contributed by atoms with E-state index in [0.29, 0.717) is 19.6 Å². The fourth-order valence-corrected chi connectivity index (χ4v) is 1.80. The standard InChI is InChI=1S/C14H21F2N3O/c1-4-5-19(7-6-18(2)3)14(20)10-8-11(15)13(17)12(16)9-10/h8-9H,4-7,17H2,1-3H3. The number of nitrogen functional groups attached to an aromatic ring is 1. The summed E-state index contributed by atoms with van der Waals surface area (Å²) < 4.78 is 26.8. The van der Waals surface area contributed by atoms with Gasteiger partial charge in [-0.1, -0.05) is 6.92 Å². The number of rotatable bonds is 6. The smallest absolute Gasteiger partial charge is 0.254 e. The molecule has 4 nitrogen and oxygen atoms in total. The Balaban J connectivity index is 2.94. The van der Waals surface area contributed by atoms with Crippen LogP contribution in [-0.4, -0.2) is 49.4 Å². The molecule has 0 heterocycles. The van der Waals surface area contributed by atoms with Crippen molar-refractivity contribution >= 4 is 11.6 Å². The lowest BCUT2D eigenvalue weighted by Gasteiger charge is -2.24. The first-order valence-electron chi connectivity index (χ1n) is 6.55. The van der Waals surface area contributed by atoms with E-state index >= 15 is 0 Å². The maximum Gasteiger partial charge on any atom is 0.254 e. The number of anilines is 1. The molecule has 0 aliphatic carbocycles. The van der Waals surface area contributed by atoms with Gasteiger partial charge in [0.15, 0.2) is 0 Å². The highest BCUT2D eigenvalue weighted by molar-refractivity contribution is 5.94. The first-order chi connectivity index (χ1) is 9.36. The zero-order chi connectivity index (χ0) is 15.3. The van der Waals surface area contributed by atoms with Crippen molar-refractivity contribution in [2.24, 2.45) is 0 Å². The number of nitrogens with two attached hydrogens (primary N) is 1. The maximum absolute atomic E-state index is 13.4. The lowest BCUT2D eigenvalue weighted by atomic mass is 10.1. The second-order valence-corrected chi connectivity index (χ2v) is 4.95. The summed E-state index contributed by atoms with van der Waals surface area (Å²) in [5, 5.41) is 0. The Morgan fingerprint density at radius 1 is 1.15 bits per heavy atom. The van der Waals surface area contributed by atoms with E-state index in [0.717, 1.165) is 18.6 Å². The Morgan fingerprint density at radius 2 is 1.70 bits per heavy atom. The normalized spacial score (nSPS) is 10.9. The van der Waals surface area contributed by atoms with Gasteiger partial charge in [0, 0.05) is 25.2 Å². The summed E-state index contributed by atoms with van der Waals surface area (Å²) in [4.78, 5) is 15.8. The van der Waals surface area contributed by atoms with Crippen LogP contribution in [-0.2, 0) is 0 Å². The van der Waals surface area contributed by atoms with Crippen LogP contribution in [0.3, 0.4) is 0 Å². The van der Waals surface area contributed by atoms with Crippen molar-refractivity contribution in [3.8, 4) is 0 Å². The van der Waals surface area contributed by atoms with E-state index in [1.165, 1.54) is 0 Å². The van der Waals surface area contributed by atoms with Crippen LogP contribution in [0, 0.1) is 11.6 Å². The number of carbonyl (C=O) groups excluding carboxylic acids is 1. The molecule has 20 heavy (non-hydrogen) atoms. The molecule has 0 aliphatic heterocycles. The Kier molecular flexibility index (Phi) is 5.88. The number of halogens is 2. The molecule has 0 atom stereocenters. The predicted octanol–water partition coefficient (Wildman–Crippen LogP) is 1.96. The molecule has 0 aromatic heterocycles. The second kappa shape index (κ2) is 7.19. The Morgan fingerprint density at radius 3 is 2.15 bits per heavy atom. The van der Waals surface area contributed by atoms with Crippen molar-refractivity contribution in [2.75, 3.05) is 39.5 Å². The first-order valence-corrected chi connectivity index (χ1v) is 6.55. The van der Waals surface area contributed by atoms with E-state index < -0.39 is 17.3 Å². The molecule has 1 rings (SSSR count). The number of hydrogen-bond donors (Lipinski definition) is 1. The van der Waals surface area contributed by atoms with Gasteiger partial charge in [0.25, 0.3) is 5.91 Å². The number of likely N-dealkylation sites (N-methyl/N-ethyl adjacent to an activating group) is 1. The number of benzene rings is 1. The molecule has 0 spiro atoms. The molecule has 1 aromatic carbocycles. The summed E-state index contributed by atoms with van der Waals surface area (Å²) >= 11 is 0. The monoisotopic (exact) mass is 285 g/mol. The highest BCUT2D eigenvalue weighted by Gasteiger charge is 2.18. The van der Waals surface area contributed by atoms with Gasteiger partial charge in [-0.25, -0.2) is 8.78 Å². The molecule has 0 unspecified atom stereocenters. The molecule has 1 amide bonds. The fourth-order valence-electron chi connectivity index (χ4n) is 1.80. The van der Waals surface area contributed by atoms with E-state index in [1.807, 2.05) is 25.9 Å². The summed E-state index contributed by atoms with van der Waals surface area (Å²) in [6, 6.07) is 1.97. The first kappa shape index (κ1) is 16.4. The molecular weight excluding hydrogens is 264 g/mol. The van der Waals surface area contributed by atoms with Crippen LogP contribution in [0.1, 0.15) is 23.7 Å². The van der Waals surface area contributed by atoms with Gasteiger partial charge in [-0.3, -0.25) is 4.79 Å². The minimum Gasteiger partial charge on any atom is -0.394 e. The quantitative estimate of drug-likeness (QED) is 0.813. The maximum atomic E-state index is 13.4. The summed E-state index contributed by atoms with van der Waals surface area (Å²) in [5.41, 5.74) is 4.63. The molecule has 0 aliphatic rings. The highest BCUT2D eigenvalue weighted by Crippen LogP contribution is 2.18. The lowest BCUT2D eigenvalue weighted by molar-refractivity contribution is 0.0744. The largest absolute Gasteiger partial charge is 0.394 e. The SMILES string of the molecule is CCCN(CCN(C)C)C(=O)c1cc(F)c(N)c(F)c1. The van der Waals surface area contributed by atoms with Crippen molar-refractivity contribution in [3.63, 3.8) is 0 Å². The van der Waals surface area contributed by atoms with Crippen LogP contribution in [0.15, 0.2) is 12.1 Å². The van der Waals surface area contributed by atoms with Gasteiger partial charge in [0.05, 0.1) is 0 Å². The van der Waals surface area contributed by atoms with Gasteiger partial charge in [-0.15, -0.1) is 0 Å².